The lowest BCUT2D eigenvalue weighted by Gasteiger charge is -2.07. The lowest BCUT2D eigenvalue weighted by Crippen LogP contribution is -2.23. The van der Waals surface area contributed by atoms with Gasteiger partial charge in [-0.2, -0.15) is 0 Å². The van der Waals surface area contributed by atoms with Crippen LogP contribution in [0.1, 0.15) is 15.9 Å². The minimum absolute atomic E-state index is 0.0838. The van der Waals surface area contributed by atoms with Crippen LogP contribution in [-0.2, 0) is 13.6 Å². The summed E-state index contributed by atoms with van der Waals surface area (Å²) in [4.78, 5) is 11.7. The number of aromatic nitrogens is 1. The molecule has 0 unspecified atom stereocenters. The number of amides is 1. The van der Waals surface area contributed by atoms with E-state index in [2.05, 4.69) is 29.5 Å². The zero-order valence-electron chi connectivity index (χ0n) is 11.6. The maximum absolute atomic E-state index is 11.7. The molecular formula is C16H19N3O. The van der Waals surface area contributed by atoms with E-state index in [9.17, 15) is 4.79 Å². The van der Waals surface area contributed by atoms with Gasteiger partial charge < -0.3 is 15.2 Å². The fourth-order valence-electron chi connectivity index (χ4n) is 1.88. The number of carbonyl (C=O) groups excluding carboxylic acids is 1. The second-order valence-corrected chi connectivity index (χ2v) is 4.61. The van der Waals surface area contributed by atoms with Crippen LogP contribution in [0.4, 0.5) is 5.69 Å². The molecule has 0 radical (unpaired) electrons. The Bertz CT molecular complexity index is 584. The van der Waals surface area contributed by atoms with Crippen molar-refractivity contribution in [2.75, 3.05) is 11.9 Å². The molecule has 0 bridgehead atoms. The van der Waals surface area contributed by atoms with Crippen LogP contribution in [0.3, 0.4) is 0 Å². The molecule has 0 atom stereocenters. The molecule has 0 saturated carbocycles. The number of benzene rings is 1. The fraction of sp³-hybridized carbons (Fsp3) is 0.188. The van der Waals surface area contributed by atoms with Crippen molar-refractivity contribution in [3.05, 3.63) is 66.5 Å². The van der Waals surface area contributed by atoms with Gasteiger partial charge in [0.1, 0.15) is 0 Å². The van der Waals surface area contributed by atoms with Gasteiger partial charge >= 0.3 is 0 Å². The zero-order valence-corrected chi connectivity index (χ0v) is 11.6. The number of anilines is 1. The van der Waals surface area contributed by atoms with E-state index in [1.807, 2.05) is 42.1 Å². The smallest absolute Gasteiger partial charge is 0.251 e. The van der Waals surface area contributed by atoms with Crippen molar-refractivity contribution in [1.82, 2.24) is 9.88 Å². The molecule has 1 aromatic carbocycles. The summed E-state index contributed by atoms with van der Waals surface area (Å²) in [5, 5.41) is 6.07. The molecule has 2 aromatic rings. The number of nitrogens with one attached hydrogen (secondary N) is 2. The first-order chi connectivity index (χ1) is 9.69. The average molecular weight is 269 g/mol. The summed E-state index contributed by atoms with van der Waals surface area (Å²) in [6.07, 6.45) is 5.75. The van der Waals surface area contributed by atoms with Gasteiger partial charge in [0.15, 0.2) is 0 Å². The molecule has 2 rings (SSSR count). The molecule has 0 aliphatic heterocycles. The van der Waals surface area contributed by atoms with Crippen LogP contribution in [0.25, 0.3) is 0 Å². The molecule has 0 saturated heterocycles. The molecule has 104 valence electrons. The Labute approximate surface area is 119 Å². The number of nitrogens with zero attached hydrogens (tertiary/aromatic N) is 1. The van der Waals surface area contributed by atoms with Crippen molar-refractivity contribution in [2.45, 2.75) is 6.54 Å². The fourth-order valence-corrected chi connectivity index (χ4v) is 1.88. The normalized spacial score (nSPS) is 10.1. The van der Waals surface area contributed by atoms with E-state index < -0.39 is 0 Å². The Hall–Kier alpha value is -2.49. The SMILES string of the molecule is C=CCNC(=O)c1ccc(NCc2ccn(C)c2)cc1. The molecule has 0 spiro atoms. The first kappa shape index (κ1) is 13.9. The van der Waals surface area contributed by atoms with Crippen LogP contribution in [0, 0.1) is 0 Å². The third-order valence-electron chi connectivity index (χ3n) is 2.94. The molecule has 20 heavy (non-hydrogen) atoms. The van der Waals surface area contributed by atoms with E-state index >= 15 is 0 Å². The topological polar surface area (TPSA) is 46.1 Å². The van der Waals surface area contributed by atoms with Crippen LogP contribution in [0.2, 0.25) is 0 Å². The van der Waals surface area contributed by atoms with Crippen molar-refractivity contribution in [2.24, 2.45) is 7.05 Å². The molecule has 2 N–H and O–H groups in total. The zero-order chi connectivity index (χ0) is 14.4. The third kappa shape index (κ3) is 3.75. The molecule has 0 aliphatic carbocycles. The summed E-state index contributed by atoms with van der Waals surface area (Å²) in [6.45, 7) is 4.81. The summed E-state index contributed by atoms with van der Waals surface area (Å²) < 4.78 is 2.02. The van der Waals surface area contributed by atoms with Gasteiger partial charge in [0.2, 0.25) is 0 Å². The van der Waals surface area contributed by atoms with E-state index in [1.54, 1.807) is 6.08 Å². The number of aryl methyl sites for hydroxylation is 1. The minimum Gasteiger partial charge on any atom is -0.381 e. The Morgan fingerprint density at radius 3 is 2.65 bits per heavy atom. The average Bonchev–Trinajstić information content (AvgIpc) is 2.89. The predicted molar refractivity (Wildman–Crippen MR) is 81.7 cm³/mol. The largest absolute Gasteiger partial charge is 0.381 e. The second kappa shape index (κ2) is 6.61. The van der Waals surface area contributed by atoms with Gasteiger partial charge in [0, 0.05) is 43.8 Å². The highest BCUT2D eigenvalue weighted by Crippen LogP contribution is 2.11. The molecular weight excluding hydrogens is 250 g/mol. The number of hydrogen-bond donors (Lipinski definition) is 2. The van der Waals surface area contributed by atoms with E-state index in [0.29, 0.717) is 12.1 Å². The molecule has 1 heterocycles. The van der Waals surface area contributed by atoms with Gasteiger partial charge in [-0.15, -0.1) is 6.58 Å². The molecule has 0 fully saturated rings. The van der Waals surface area contributed by atoms with Crippen molar-refractivity contribution in [3.8, 4) is 0 Å². The summed E-state index contributed by atoms with van der Waals surface area (Å²) in [6, 6.07) is 9.51. The Morgan fingerprint density at radius 2 is 2.05 bits per heavy atom. The summed E-state index contributed by atoms with van der Waals surface area (Å²) in [7, 11) is 2.00. The predicted octanol–water partition coefficient (Wildman–Crippen LogP) is 2.55. The van der Waals surface area contributed by atoms with Gasteiger partial charge in [0.25, 0.3) is 5.91 Å². The van der Waals surface area contributed by atoms with Gasteiger partial charge in [-0.1, -0.05) is 6.08 Å². The summed E-state index contributed by atoms with van der Waals surface area (Å²) in [5.74, 6) is -0.0838. The standard InChI is InChI=1S/C16H19N3O/c1-3-9-17-16(20)14-4-6-15(7-5-14)18-11-13-8-10-19(2)12-13/h3-8,10,12,18H,1,9,11H2,2H3,(H,17,20). The highest BCUT2D eigenvalue weighted by atomic mass is 16.1. The van der Waals surface area contributed by atoms with Gasteiger partial charge in [-0.25, -0.2) is 0 Å². The van der Waals surface area contributed by atoms with Gasteiger partial charge in [-0.3, -0.25) is 4.79 Å². The van der Waals surface area contributed by atoms with Crippen LogP contribution in [0.5, 0.6) is 0 Å². The Kier molecular flexibility index (Phi) is 4.60. The summed E-state index contributed by atoms with van der Waals surface area (Å²) in [5.41, 5.74) is 2.87. The summed E-state index contributed by atoms with van der Waals surface area (Å²) >= 11 is 0. The molecule has 0 aliphatic rings. The number of hydrogen-bond acceptors (Lipinski definition) is 2. The maximum atomic E-state index is 11.7. The first-order valence-electron chi connectivity index (χ1n) is 6.53. The van der Waals surface area contributed by atoms with Crippen molar-refractivity contribution in [3.63, 3.8) is 0 Å². The monoisotopic (exact) mass is 269 g/mol. The number of rotatable bonds is 6. The highest BCUT2D eigenvalue weighted by Gasteiger charge is 2.03. The van der Waals surface area contributed by atoms with Crippen LogP contribution < -0.4 is 10.6 Å². The van der Waals surface area contributed by atoms with Crippen LogP contribution >= 0.6 is 0 Å². The lowest BCUT2D eigenvalue weighted by molar-refractivity contribution is 0.0958. The van der Waals surface area contributed by atoms with Gasteiger partial charge in [0.05, 0.1) is 0 Å². The van der Waals surface area contributed by atoms with Crippen molar-refractivity contribution < 1.29 is 4.79 Å². The van der Waals surface area contributed by atoms with Crippen molar-refractivity contribution in [1.29, 1.82) is 0 Å². The molecule has 1 amide bonds. The Balaban J connectivity index is 1.91. The third-order valence-corrected chi connectivity index (χ3v) is 2.94. The number of carbonyl (C=O) groups is 1. The van der Waals surface area contributed by atoms with E-state index in [-0.39, 0.29) is 5.91 Å². The Morgan fingerprint density at radius 1 is 1.30 bits per heavy atom. The van der Waals surface area contributed by atoms with Crippen molar-refractivity contribution >= 4 is 11.6 Å². The molecule has 1 aromatic heterocycles. The van der Waals surface area contributed by atoms with Crippen LogP contribution in [-0.4, -0.2) is 17.0 Å². The quantitative estimate of drug-likeness (QED) is 0.792. The lowest BCUT2D eigenvalue weighted by atomic mass is 10.2. The second-order valence-electron chi connectivity index (χ2n) is 4.61. The van der Waals surface area contributed by atoms with E-state index in [1.165, 1.54) is 5.56 Å². The minimum atomic E-state index is -0.0838. The van der Waals surface area contributed by atoms with Crippen LogP contribution in [0.15, 0.2) is 55.4 Å². The first-order valence-corrected chi connectivity index (χ1v) is 6.53. The molecule has 4 nitrogen and oxygen atoms in total. The highest BCUT2D eigenvalue weighted by molar-refractivity contribution is 5.94. The molecule has 4 heteroatoms. The van der Waals surface area contributed by atoms with Gasteiger partial charge in [-0.05, 0) is 35.9 Å². The van der Waals surface area contributed by atoms with E-state index in [0.717, 1.165) is 12.2 Å². The maximum Gasteiger partial charge on any atom is 0.251 e. The van der Waals surface area contributed by atoms with E-state index in [4.69, 9.17) is 0 Å².